The van der Waals surface area contributed by atoms with Crippen molar-refractivity contribution in [3.8, 4) is 0 Å². The smallest absolute Gasteiger partial charge is 0.316 e. The van der Waals surface area contributed by atoms with Crippen molar-refractivity contribution in [2.45, 2.75) is 19.0 Å². The van der Waals surface area contributed by atoms with Crippen molar-refractivity contribution < 1.29 is 13.2 Å². The van der Waals surface area contributed by atoms with Gasteiger partial charge in [-0.15, -0.1) is 0 Å². The van der Waals surface area contributed by atoms with Crippen LogP contribution in [0.25, 0.3) is 11.0 Å². The van der Waals surface area contributed by atoms with Gasteiger partial charge < -0.3 is 9.97 Å². The molecule has 8 heteroatoms. The number of benzene rings is 1. The molecule has 2 heterocycles. The first kappa shape index (κ1) is 16.0. The normalized spacial score (nSPS) is 11.8. The van der Waals surface area contributed by atoms with Crippen LogP contribution in [0, 0.1) is 0 Å². The molecule has 0 spiro atoms. The third-order valence-electron chi connectivity index (χ3n) is 3.63. The number of aryl methyl sites for hydroxylation is 2. The fraction of sp³-hybridized carbons (Fsp3) is 0.188. The highest BCUT2D eigenvalue weighted by Gasteiger charge is 2.33. The number of aromatic amines is 2. The van der Waals surface area contributed by atoms with Gasteiger partial charge in [-0.3, -0.25) is 14.6 Å². The number of fused-ring (bicyclic) bond motifs is 1. The van der Waals surface area contributed by atoms with E-state index in [-0.39, 0.29) is 23.0 Å². The molecule has 0 aliphatic heterocycles. The van der Waals surface area contributed by atoms with Gasteiger partial charge in [0.1, 0.15) is 0 Å². The van der Waals surface area contributed by atoms with Crippen molar-refractivity contribution in [3.05, 3.63) is 74.1 Å². The van der Waals surface area contributed by atoms with E-state index in [2.05, 4.69) is 15.0 Å². The van der Waals surface area contributed by atoms with Crippen molar-refractivity contribution in [1.29, 1.82) is 0 Å². The lowest BCUT2D eigenvalue weighted by atomic mass is 10.00. The number of hydrogen-bond donors (Lipinski definition) is 2. The first-order chi connectivity index (χ1) is 11.3. The van der Waals surface area contributed by atoms with E-state index in [1.165, 1.54) is 6.07 Å². The minimum absolute atomic E-state index is 0.0309. The van der Waals surface area contributed by atoms with Crippen molar-refractivity contribution in [2.75, 3.05) is 0 Å². The quantitative estimate of drug-likeness (QED) is 0.722. The number of alkyl halides is 3. The van der Waals surface area contributed by atoms with Gasteiger partial charge in [0.05, 0.1) is 16.6 Å². The summed E-state index contributed by atoms with van der Waals surface area (Å²) < 4.78 is 39.9. The predicted octanol–water partition coefficient (Wildman–Crippen LogP) is 2.42. The van der Waals surface area contributed by atoms with Crippen LogP contribution in [-0.2, 0) is 19.0 Å². The molecule has 0 aliphatic rings. The number of H-pyrrole nitrogens is 2. The Morgan fingerprint density at radius 2 is 1.62 bits per heavy atom. The van der Waals surface area contributed by atoms with Gasteiger partial charge in [-0.05, 0) is 42.7 Å². The number of nitrogens with one attached hydrogen (secondary N) is 2. The molecular weight excluding hydrogens is 323 g/mol. The number of aromatic nitrogens is 3. The summed E-state index contributed by atoms with van der Waals surface area (Å²) in [6, 6.07) is 7.31. The number of nitrogens with zero attached hydrogens (tertiary/aromatic N) is 1. The molecule has 0 atom stereocenters. The SMILES string of the molecule is O=c1[nH]c2cc(CCc3ccccn3)c(C(F)(F)F)cc2[nH]c1=O. The van der Waals surface area contributed by atoms with Gasteiger partial charge in [-0.2, -0.15) is 13.2 Å². The Morgan fingerprint density at radius 3 is 2.21 bits per heavy atom. The fourth-order valence-corrected chi connectivity index (χ4v) is 2.49. The zero-order valence-corrected chi connectivity index (χ0v) is 12.3. The lowest BCUT2D eigenvalue weighted by Gasteiger charge is -2.14. The molecule has 0 saturated heterocycles. The van der Waals surface area contributed by atoms with Crippen molar-refractivity contribution in [1.82, 2.24) is 15.0 Å². The van der Waals surface area contributed by atoms with Crippen molar-refractivity contribution >= 4 is 11.0 Å². The third-order valence-corrected chi connectivity index (χ3v) is 3.63. The molecule has 0 unspecified atom stereocenters. The highest BCUT2D eigenvalue weighted by Crippen LogP contribution is 2.34. The summed E-state index contributed by atoms with van der Waals surface area (Å²) in [6.07, 6.45) is -2.57. The van der Waals surface area contributed by atoms with E-state index in [0.29, 0.717) is 12.1 Å². The summed E-state index contributed by atoms with van der Waals surface area (Å²) in [6.45, 7) is 0. The summed E-state index contributed by atoms with van der Waals surface area (Å²) in [4.78, 5) is 31.2. The molecule has 0 aliphatic carbocycles. The largest absolute Gasteiger partial charge is 0.416 e. The van der Waals surface area contributed by atoms with E-state index in [1.54, 1.807) is 24.4 Å². The zero-order valence-electron chi connectivity index (χ0n) is 12.3. The monoisotopic (exact) mass is 335 g/mol. The molecule has 2 aromatic heterocycles. The molecule has 0 amide bonds. The van der Waals surface area contributed by atoms with Crippen LogP contribution in [0.15, 0.2) is 46.1 Å². The molecule has 0 fully saturated rings. The Bertz CT molecular complexity index is 991. The Kier molecular flexibility index (Phi) is 3.96. The molecule has 2 N–H and O–H groups in total. The van der Waals surface area contributed by atoms with E-state index in [4.69, 9.17) is 0 Å². The van der Waals surface area contributed by atoms with Crippen molar-refractivity contribution in [3.63, 3.8) is 0 Å². The summed E-state index contributed by atoms with van der Waals surface area (Å²) in [7, 11) is 0. The minimum Gasteiger partial charge on any atom is -0.316 e. The zero-order chi connectivity index (χ0) is 17.3. The van der Waals surface area contributed by atoms with Gasteiger partial charge in [0.2, 0.25) is 0 Å². The standard InChI is InChI=1S/C16H12F3N3O2/c17-16(18,19)11-8-13-12(21-14(23)15(24)22-13)7-9(11)4-5-10-3-1-2-6-20-10/h1-3,6-8H,4-5H2,(H,21,23)(H,22,24). The number of rotatable bonds is 3. The molecule has 3 aromatic rings. The lowest BCUT2D eigenvalue weighted by Crippen LogP contribution is -2.29. The molecule has 1 aromatic carbocycles. The highest BCUT2D eigenvalue weighted by atomic mass is 19.4. The molecule has 0 radical (unpaired) electrons. The maximum atomic E-state index is 13.3. The molecule has 5 nitrogen and oxygen atoms in total. The molecule has 124 valence electrons. The van der Waals surface area contributed by atoms with Crippen LogP contribution in [0.4, 0.5) is 13.2 Å². The van der Waals surface area contributed by atoms with E-state index >= 15 is 0 Å². The molecular formula is C16H12F3N3O2. The number of hydrogen-bond acceptors (Lipinski definition) is 3. The predicted molar refractivity (Wildman–Crippen MR) is 81.8 cm³/mol. The maximum absolute atomic E-state index is 13.3. The lowest BCUT2D eigenvalue weighted by molar-refractivity contribution is -0.138. The van der Waals surface area contributed by atoms with Gasteiger partial charge in [-0.25, -0.2) is 0 Å². The Morgan fingerprint density at radius 1 is 0.958 bits per heavy atom. The maximum Gasteiger partial charge on any atom is 0.416 e. The second kappa shape index (κ2) is 5.95. The van der Waals surface area contributed by atoms with E-state index in [1.807, 2.05) is 0 Å². The van der Waals surface area contributed by atoms with Crippen LogP contribution in [-0.4, -0.2) is 15.0 Å². The highest BCUT2D eigenvalue weighted by molar-refractivity contribution is 5.76. The Balaban J connectivity index is 2.08. The van der Waals surface area contributed by atoms with Gasteiger partial charge in [0.15, 0.2) is 0 Å². The van der Waals surface area contributed by atoms with Gasteiger partial charge in [0, 0.05) is 11.9 Å². The van der Waals surface area contributed by atoms with Gasteiger partial charge in [-0.1, -0.05) is 6.07 Å². The number of halogens is 3. The van der Waals surface area contributed by atoms with Crippen LogP contribution >= 0.6 is 0 Å². The third kappa shape index (κ3) is 3.22. The molecule has 24 heavy (non-hydrogen) atoms. The van der Waals surface area contributed by atoms with Crippen LogP contribution in [0.2, 0.25) is 0 Å². The summed E-state index contributed by atoms with van der Waals surface area (Å²) in [5, 5.41) is 0. The number of pyridine rings is 1. The van der Waals surface area contributed by atoms with Crippen LogP contribution in [0.1, 0.15) is 16.8 Å². The minimum atomic E-state index is -4.57. The second-order valence-corrected chi connectivity index (χ2v) is 5.28. The molecule has 3 rings (SSSR count). The first-order valence-corrected chi connectivity index (χ1v) is 7.11. The van der Waals surface area contributed by atoms with E-state index in [0.717, 1.165) is 6.07 Å². The van der Waals surface area contributed by atoms with Crippen LogP contribution < -0.4 is 11.1 Å². The van der Waals surface area contributed by atoms with E-state index in [9.17, 15) is 22.8 Å². The van der Waals surface area contributed by atoms with Crippen LogP contribution in [0.5, 0.6) is 0 Å². The molecule has 0 bridgehead atoms. The summed E-state index contributed by atoms with van der Waals surface area (Å²) in [5.41, 5.74) is -1.94. The topological polar surface area (TPSA) is 78.6 Å². The fourth-order valence-electron chi connectivity index (χ4n) is 2.49. The molecule has 0 saturated carbocycles. The first-order valence-electron chi connectivity index (χ1n) is 7.11. The summed E-state index contributed by atoms with van der Waals surface area (Å²) >= 11 is 0. The van der Waals surface area contributed by atoms with E-state index < -0.39 is 22.9 Å². The van der Waals surface area contributed by atoms with Crippen LogP contribution in [0.3, 0.4) is 0 Å². The van der Waals surface area contributed by atoms with Gasteiger partial charge >= 0.3 is 17.3 Å². The second-order valence-electron chi connectivity index (χ2n) is 5.28. The average molecular weight is 335 g/mol. The Hall–Kier alpha value is -2.90. The Labute approximate surface area is 133 Å². The van der Waals surface area contributed by atoms with Crippen molar-refractivity contribution in [2.24, 2.45) is 0 Å². The average Bonchev–Trinajstić information content (AvgIpc) is 2.53. The summed E-state index contributed by atoms with van der Waals surface area (Å²) in [5.74, 6) is 0. The van der Waals surface area contributed by atoms with Gasteiger partial charge in [0.25, 0.3) is 0 Å².